The lowest BCUT2D eigenvalue weighted by Crippen LogP contribution is -2.20. The Bertz CT molecular complexity index is 729. The number of hydrazone groups is 1. The summed E-state index contributed by atoms with van der Waals surface area (Å²) in [6, 6.07) is 9.49. The van der Waals surface area contributed by atoms with Crippen LogP contribution in [0.4, 0.5) is 5.69 Å². The summed E-state index contributed by atoms with van der Waals surface area (Å²) in [4.78, 5) is 26.3. The van der Waals surface area contributed by atoms with Crippen molar-refractivity contribution in [1.82, 2.24) is 10.4 Å². The number of aromatic nitrogens is 1. The SMILES string of the molecule is CCC/C(=N/NC(=O)c1cccnc1)c1cccc([N+](=O)[O-])c1. The quantitative estimate of drug-likeness (QED) is 0.503. The summed E-state index contributed by atoms with van der Waals surface area (Å²) >= 11 is 0. The summed E-state index contributed by atoms with van der Waals surface area (Å²) in [5.41, 5.74) is 4.06. The number of amides is 1. The van der Waals surface area contributed by atoms with Crippen LogP contribution in [-0.2, 0) is 0 Å². The minimum atomic E-state index is -0.457. The number of carbonyl (C=O) groups excluding carboxylic acids is 1. The lowest BCUT2D eigenvalue weighted by atomic mass is 10.1. The molecule has 7 nitrogen and oxygen atoms in total. The van der Waals surface area contributed by atoms with Gasteiger partial charge < -0.3 is 0 Å². The van der Waals surface area contributed by atoms with Gasteiger partial charge in [-0.1, -0.05) is 25.5 Å². The molecule has 0 aliphatic rings. The fourth-order valence-corrected chi connectivity index (χ4v) is 1.98. The molecule has 1 aromatic heterocycles. The molecular formula is C16H16N4O3. The summed E-state index contributed by atoms with van der Waals surface area (Å²) in [5, 5.41) is 15.0. The van der Waals surface area contributed by atoms with Gasteiger partial charge in [0.2, 0.25) is 0 Å². The van der Waals surface area contributed by atoms with Crippen molar-refractivity contribution in [2.75, 3.05) is 0 Å². The van der Waals surface area contributed by atoms with Gasteiger partial charge >= 0.3 is 0 Å². The molecule has 0 fully saturated rings. The Balaban J connectivity index is 2.22. The Morgan fingerprint density at radius 2 is 2.09 bits per heavy atom. The monoisotopic (exact) mass is 312 g/mol. The second kappa shape index (κ2) is 7.79. The number of hydrogen-bond donors (Lipinski definition) is 1. The minimum absolute atomic E-state index is 0.00936. The largest absolute Gasteiger partial charge is 0.272 e. The lowest BCUT2D eigenvalue weighted by Gasteiger charge is -2.06. The third-order valence-corrected chi connectivity index (χ3v) is 3.09. The molecule has 0 aliphatic carbocycles. The highest BCUT2D eigenvalue weighted by Gasteiger charge is 2.11. The maximum Gasteiger partial charge on any atom is 0.272 e. The highest BCUT2D eigenvalue weighted by atomic mass is 16.6. The zero-order valence-corrected chi connectivity index (χ0v) is 12.6. The Morgan fingerprint density at radius 3 is 2.74 bits per heavy atom. The Labute approximate surface area is 133 Å². The van der Waals surface area contributed by atoms with Gasteiger partial charge in [-0.25, -0.2) is 5.43 Å². The van der Waals surface area contributed by atoms with E-state index < -0.39 is 4.92 Å². The molecule has 1 heterocycles. The van der Waals surface area contributed by atoms with Crippen molar-refractivity contribution in [3.8, 4) is 0 Å². The Morgan fingerprint density at radius 1 is 1.30 bits per heavy atom. The third-order valence-electron chi connectivity index (χ3n) is 3.09. The highest BCUT2D eigenvalue weighted by molar-refractivity contribution is 6.02. The van der Waals surface area contributed by atoms with Crippen LogP contribution in [0, 0.1) is 10.1 Å². The van der Waals surface area contributed by atoms with Gasteiger partial charge in [-0.05, 0) is 18.6 Å². The van der Waals surface area contributed by atoms with E-state index in [2.05, 4.69) is 15.5 Å². The minimum Gasteiger partial charge on any atom is -0.267 e. The molecule has 0 atom stereocenters. The number of nitrogens with zero attached hydrogens (tertiary/aromatic N) is 3. The fraction of sp³-hybridized carbons (Fsp3) is 0.188. The van der Waals surface area contributed by atoms with Crippen molar-refractivity contribution < 1.29 is 9.72 Å². The molecule has 0 saturated carbocycles. The van der Waals surface area contributed by atoms with E-state index in [1.54, 1.807) is 30.5 Å². The topological polar surface area (TPSA) is 97.5 Å². The first-order valence-electron chi connectivity index (χ1n) is 7.13. The van der Waals surface area contributed by atoms with E-state index in [0.29, 0.717) is 23.3 Å². The van der Waals surface area contributed by atoms with Crippen LogP contribution in [0.1, 0.15) is 35.7 Å². The molecule has 0 spiro atoms. The predicted molar refractivity (Wildman–Crippen MR) is 86.2 cm³/mol. The first kappa shape index (κ1) is 16.3. The van der Waals surface area contributed by atoms with E-state index in [1.807, 2.05) is 6.92 Å². The van der Waals surface area contributed by atoms with Crippen molar-refractivity contribution in [2.45, 2.75) is 19.8 Å². The summed E-state index contributed by atoms with van der Waals surface area (Å²) in [6.45, 7) is 1.97. The first-order valence-corrected chi connectivity index (χ1v) is 7.13. The standard InChI is InChI=1S/C16H16N4O3/c1-2-5-15(12-6-3-8-14(10-12)20(22)23)18-19-16(21)13-7-4-9-17-11-13/h3-4,6-11H,2,5H2,1H3,(H,19,21)/b18-15-. The molecule has 7 heteroatoms. The van der Waals surface area contributed by atoms with Gasteiger partial charge in [-0.15, -0.1) is 0 Å². The number of benzene rings is 1. The van der Waals surface area contributed by atoms with Crippen LogP contribution >= 0.6 is 0 Å². The summed E-state index contributed by atoms with van der Waals surface area (Å²) in [5.74, 6) is -0.378. The molecule has 0 saturated heterocycles. The van der Waals surface area contributed by atoms with Crippen molar-refractivity contribution >= 4 is 17.3 Å². The van der Waals surface area contributed by atoms with E-state index in [0.717, 1.165) is 6.42 Å². The van der Waals surface area contributed by atoms with Crippen molar-refractivity contribution in [1.29, 1.82) is 0 Å². The van der Waals surface area contributed by atoms with E-state index in [-0.39, 0.29) is 11.6 Å². The van der Waals surface area contributed by atoms with E-state index in [4.69, 9.17) is 0 Å². The number of nitrogens with one attached hydrogen (secondary N) is 1. The second-order valence-corrected chi connectivity index (χ2v) is 4.80. The van der Waals surface area contributed by atoms with Gasteiger partial charge in [0.1, 0.15) is 0 Å². The number of rotatable bonds is 6. The lowest BCUT2D eigenvalue weighted by molar-refractivity contribution is -0.384. The fourth-order valence-electron chi connectivity index (χ4n) is 1.98. The number of nitro benzene ring substituents is 1. The van der Waals surface area contributed by atoms with Gasteiger partial charge in [0.15, 0.2) is 0 Å². The summed E-state index contributed by atoms with van der Waals surface area (Å²) in [6.07, 6.45) is 4.40. The van der Waals surface area contributed by atoms with Crippen molar-refractivity contribution in [3.05, 3.63) is 70.0 Å². The predicted octanol–water partition coefficient (Wildman–Crippen LogP) is 2.92. The van der Waals surface area contributed by atoms with Crippen LogP contribution in [0.15, 0.2) is 53.9 Å². The van der Waals surface area contributed by atoms with Crippen LogP contribution in [0.2, 0.25) is 0 Å². The third kappa shape index (κ3) is 4.44. The first-order chi connectivity index (χ1) is 11.1. The highest BCUT2D eigenvalue weighted by Crippen LogP contribution is 2.15. The van der Waals surface area contributed by atoms with Crippen LogP contribution < -0.4 is 5.43 Å². The van der Waals surface area contributed by atoms with Crippen LogP contribution in [0.3, 0.4) is 0 Å². The Hall–Kier alpha value is -3.09. The molecule has 23 heavy (non-hydrogen) atoms. The molecule has 1 N–H and O–H groups in total. The maximum atomic E-state index is 12.0. The van der Waals surface area contributed by atoms with E-state index >= 15 is 0 Å². The molecule has 2 rings (SSSR count). The van der Waals surface area contributed by atoms with Gasteiger partial charge in [0.25, 0.3) is 11.6 Å². The van der Waals surface area contributed by atoms with Crippen LogP contribution in [0.25, 0.3) is 0 Å². The molecule has 0 radical (unpaired) electrons. The van der Waals surface area contributed by atoms with Gasteiger partial charge in [-0.3, -0.25) is 19.9 Å². The number of pyridine rings is 1. The molecule has 0 bridgehead atoms. The molecule has 2 aromatic rings. The number of non-ortho nitro benzene ring substituents is 1. The van der Waals surface area contributed by atoms with E-state index in [9.17, 15) is 14.9 Å². The average molecular weight is 312 g/mol. The maximum absolute atomic E-state index is 12.0. The molecule has 118 valence electrons. The molecule has 0 aliphatic heterocycles. The molecule has 1 aromatic carbocycles. The van der Waals surface area contributed by atoms with E-state index in [1.165, 1.54) is 18.3 Å². The van der Waals surface area contributed by atoms with Crippen LogP contribution in [0.5, 0.6) is 0 Å². The molecule has 1 amide bonds. The molecule has 0 unspecified atom stereocenters. The second-order valence-electron chi connectivity index (χ2n) is 4.80. The number of carbonyl (C=O) groups is 1. The van der Waals surface area contributed by atoms with Crippen molar-refractivity contribution in [3.63, 3.8) is 0 Å². The van der Waals surface area contributed by atoms with Gasteiger partial charge in [0.05, 0.1) is 16.2 Å². The Kier molecular flexibility index (Phi) is 5.51. The van der Waals surface area contributed by atoms with Gasteiger partial charge in [-0.2, -0.15) is 5.10 Å². The number of nitro groups is 1. The van der Waals surface area contributed by atoms with Crippen molar-refractivity contribution in [2.24, 2.45) is 5.10 Å². The zero-order chi connectivity index (χ0) is 16.7. The summed E-state index contributed by atoms with van der Waals surface area (Å²) < 4.78 is 0. The van der Waals surface area contributed by atoms with Crippen LogP contribution in [-0.4, -0.2) is 21.5 Å². The smallest absolute Gasteiger partial charge is 0.267 e. The normalized spacial score (nSPS) is 11.1. The van der Waals surface area contributed by atoms with Gasteiger partial charge in [0, 0.05) is 30.1 Å². The molecular weight excluding hydrogens is 296 g/mol. The zero-order valence-electron chi connectivity index (χ0n) is 12.6. The number of hydrogen-bond acceptors (Lipinski definition) is 5. The summed E-state index contributed by atoms with van der Waals surface area (Å²) in [7, 11) is 0. The average Bonchev–Trinajstić information content (AvgIpc) is 2.59.